The lowest BCUT2D eigenvalue weighted by molar-refractivity contribution is 0.709. The van der Waals surface area contributed by atoms with Crippen LogP contribution >= 0.6 is 46.7 Å². The van der Waals surface area contributed by atoms with Gasteiger partial charge >= 0.3 is 0 Å². The van der Waals surface area contributed by atoms with Crippen molar-refractivity contribution in [2.45, 2.75) is 39.7 Å². The molecule has 0 spiro atoms. The van der Waals surface area contributed by atoms with Gasteiger partial charge in [-0.25, -0.2) is 9.98 Å². The van der Waals surface area contributed by atoms with Crippen molar-refractivity contribution in [3.63, 3.8) is 0 Å². The van der Waals surface area contributed by atoms with Crippen LogP contribution in [-0.4, -0.2) is 24.0 Å². The average Bonchev–Trinajstić information content (AvgIpc) is 3.20. The van der Waals surface area contributed by atoms with Crippen LogP contribution in [0.25, 0.3) is 0 Å². The van der Waals surface area contributed by atoms with Crippen LogP contribution in [0.15, 0.2) is 28.7 Å². The molecule has 0 radical (unpaired) electrons. The summed E-state index contributed by atoms with van der Waals surface area (Å²) in [7, 11) is 0. The van der Waals surface area contributed by atoms with Crippen LogP contribution in [0, 0.1) is 0 Å². The molecule has 2 aromatic heterocycles. The summed E-state index contributed by atoms with van der Waals surface area (Å²) in [5.74, 6) is 1.34. The van der Waals surface area contributed by atoms with E-state index in [-0.39, 0.29) is 24.0 Å². The lowest BCUT2D eigenvalue weighted by Gasteiger charge is -2.14. The summed E-state index contributed by atoms with van der Waals surface area (Å²) < 4.78 is 0. The van der Waals surface area contributed by atoms with Crippen LogP contribution in [0.5, 0.6) is 0 Å². The maximum absolute atomic E-state index is 4.63. The van der Waals surface area contributed by atoms with Crippen molar-refractivity contribution in [1.29, 1.82) is 0 Å². The van der Waals surface area contributed by atoms with Gasteiger partial charge in [-0.1, -0.05) is 19.9 Å². The molecule has 2 heterocycles. The van der Waals surface area contributed by atoms with E-state index in [9.17, 15) is 0 Å². The van der Waals surface area contributed by atoms with Crippen molar-refractivity contribution in [3.8, 4) is 0 Å². The molecule has 0 bridgehead atoms. The number of nitrogens with zero attached hydrogens (tertiary/aromatic N) is 2. The number of halogens is 1. The molecule has 0 aliphatic rings. The first-order valence-electron chi connectivity index (χ1n) is 7.72. The van der Waals surface area contributed by atoms with Gasteiger partial charge in [0.1, 0.15) is 5.01 Å². The van der Waals surface area contributed by atoms with Gasteiger partial charge in [-0.2, -0.15) is 0 Å². The predicted molar refractivity (Wildman–Crippen MR) is 112 cm³/mol. The van der Waals surface area contributed by atoms with E-state index >= 15 is 0 Å². The molecule has 0 saturated carbocycles. The molecule has 128 valence electrons. The van der Waals surface area contributed by atoms with Crippen LogP contribution in [0.2, 0.25) is 0 Å². The molecule has 0 amide bonds. The largest absolute Gasteiger partial charge is 0.357 e. The van der Waals surface area contributed by atoms with Crippen molar-refractivity contribution in [1.82, 2.24) is 15.6 Å². The van der Waals surface area contributed by atoms with Gasteiger partial charge in [0.05, 0.1) is 6.54 Å². The van der Waals surface area contributed by atoms with E-state index in [4.69, 9.17) is 0 Å². The molecule has 0 aliphatic carbocycles. The van der Waals surface area contributed by atoms with E-state index < -0.39 is 0 Å². The van der Waals surface area contributed by atoms with E-state index in [0.29, 0.717) is 12.5 Å². The fourth-order valence-electron chi connectivity index (χ4n) is 2.00. The molecule has 4 nitrogen and oxygen atoms in total. The Hall–Kier alpha value is -0.670. The zero-order valence-electron chi connectivity index (χ0n) is 13.8. The molecule has 0 fully saturated rings. The van der Waals surface area contributed by atoms with Crippen molar-refractivity contribution in [2.24, 2.45) is 4.99 Å². The second-order valence-corrected chi connectivity index (χ2v) is 7.25. The quantitative estimate of drug-likeness (QED) is 0.366. The number of thiazole rings is 1. The number of aryl methyl sites for hydroxylation is 1. The zero-order valence-corrected chi connectivity index (χ0v) is 17.8. The van der Waals surface area contributed by atoms with Gasteiger partial charge < -0.3 is 10.6 Å². The maximum Gasteiger partial charge on any atom is 0.191 e. The third-order valence-electron chi connectivity index (χ3n) is 3.27. The minimum Gasteiger partial charge on any atom is -0.357 e. The van der Waals surface area contributed by atoms with Crippen LogP contribution in [0.4, 0.5) is 0 Å². The second-order valence-electron chi connectivity index (χ2n) is 5.07. The first kappa shape index (κ1) is 20.4. The zero-order chi connectivity index (χ0) is 15.8. The summed E-state index contributed by atoms with van der Waals surface area (Å²) in [4.78, 5) is 11.8. The number of aliphatic imine (C=N–C) groups is 1. The van der Waals surface area contributed by atoms with Crippen LogP contribution in [0.1, 0.15) is 41.5 Å². The lowest BCUT2D eigenvalue weighted by Crippen LogP contribution is -2.39. The highest BCUT2D eigenvalue weighted by Crippen LogP contribution is 2.19. The van der Waals surface area contributed by atoms with Crippen molar-refractivity contribution >= 4 is 52.6 Å². The number of aromatic nitrogens is 1. The van der Waals surface area contributed by atoms with Gasteiger partial charge in [0.15, 0.2) is 5.96 Å². The molecule has 1 atom stereocenters. The highest BCUT2D eigenvalue weighted by Gasteiger charge is 2.07. The Kier molecular flexibility index (Phi) is 9.73. The Morgan fingerprint density at radius 2 is 2.17 bits per heavy atom. The smallest absolute Gasteiger partial charge is 0.191 e. The van der Waals surface area contributed by atoms with Crippen LogP contribution < -0.4 is 10.6 Å². The Balaban J connectivity index is 0.00000264. The summed E-state index contributed by atoms with van der Waals surface area (Å²) in [5.41, 5.74) is 0. The SMILES string of the molecule is CCNC(=NCc1ncc(CC)s1)NCC(C)c1cccs1.I. The fraction of sp³-hybridized carbons (Fsp3) is 0.500. The minimum absolute atomic E-state index is 0. The molecule has 0 saturated heterocycles. The van der Waals surface area contributed by atoms with Crippen molar-refractivity contribution < 1.29 is 0 Å². The molecule has 23 heavy (non-hydrogen) atoms. The topological polar surface area (TPSA) is 49.3 Å². The highest BCUT2D eigenvalue weighted by atomic mass is 127. The summed E-state index contributed by atoms with van der Waals surface area (Å²) in [6, 6.07) is 4.28. The van der Waals surface area contributed by atoms with Crippen molar-refractivity contribution in [2.75, 3.05) is 13.1 Å². The summed E-state index contributed by atoms with van der Waals surface area (Å²) in [6.07, 6.45) is 2.99. The van der Waals surface area contributed by atoms with Gasteiger partial charge in [-0.05, 0) is 24.8 Å². The number of hydrogen-bond donors (Lipinski definition) is 2. The normalized spacial score (nSPS) is 12.6. The summed E-state index contributed by atoms with van der Waals surface area (Å²) in [6.45, 7) is 8.84. The van der Waals surface area contributed by atoms with Gasteiger partial charge in [-0.15, -0.1) is 46.7 Å². The summed E-state index contributed by atoms with van der Waals surface area (Å²) >= 11 is 3.55. The second kappa shape index (κ2) is 11.0. The van der Waals surface area contributed by atoms with E-state index in [2.05, 4.69) is 58.9 Å². The molecule has 0 aromatic carbocycles. The summed E-state index contributed by atoms with van der Waals surface area (Å²) in [5, 5.41) is 9.91. The average molecular weight is 464 g/mol. The van der Waals surface area contributed by atoms with Crippen LogP contribution in [-0.2, 0) is 13.0 Å². The van der Waals surface area contributed by atoms with Gasteiger partial charge in [-0.3, -0.25) is 0 Å². The Labute approximate surface area is 163 Å². The first-order valence-corrected chi connectivity index (χ1v) is 9.41. The Morgan fingerprint density at radius 3 is 2.78 bits per heavy atom. The monoisotopic (exact) mass is 464 g/mol. The lowest BCUT2D eigenvalue weighted by atomic mass is 10.1. The molecule has 1 unspecified atom stereocenters. The third-order valence-corrected chi connectivity index (χ3v) is 5.50. The Morgan fingerprint density at radius 1 is 1.35 bits per heavy atom. The van der Waals surface area contributed by atoms with E-state index in [1.807, 2.05) is 6.20 Å². The molecule has 2 N–H and O–H groups in total. The molecular formula is C16H25IN4S2. The third kappa shape index (κ3) is 6.76. The van der Waals surface area contributed by atoms with Gasteiger partial charge in [0.2, 0.25) is 0 Å². The standard InChI is InChI=1S/C16H24N4S2.HI/c1-4-13-10-18-15(22-13)11-20-16(17-5-2)19-9-12(3)14-7-6-8-21-14;/h6-8,10,12H,4-5,9,11H2,1-3H3,(H2,17,19,20);1H. The number of nitrogens with one attached hydrogen (secondary N) is 2. The van der Waals surface area contributed by atoms with E-state index in [0.717, 1.165) is 30.5 Å². The van der Waals surface area contributed by atoms with Gasteiger partial charge in [0.25, 0.3) is 0 Å². The highest BCUT2D eigenvalue weighted by molar-refractivity contribution is 14.0. The van der Waals surface area contributed by atoms with Crippen molar-refractivity contribution in [3.05, 3.63) is 38.5 Å². The molecule has 2 aromatic rings. The number of guanidine groups is 1. The minimum atomic E-state index is 0. The molecule has 2 rings (SSSR count). The number of rotatable bonds is 7. The number of hydrogen-bond acceptors (Lipinski definition) is 4. The van der Waals surface area contributed by atoms with Gasteiger partial charge in [0, 0.05) is 35.0 Å². The predicted octanol–water partition coefficient (Wildman–Crippen LogP) is 4.24. The Bertz CT molecular complexity index is 581. The fourth-order valence-corrected chi connectivity index (χ4v) is 3.57. The molecule has 0 aliphatic heterocycles. The van der Waals surface area contributed by atoms with E-state index in [1.54, 1.807) is 22.7 Å². The van der Waals surface area contributed by atoms with Crippen LogP contribution in [0.3, 0.4) is 0 Å². The first-order chi connectivity index (χ1) is 10.7. The molecule has 7 heteroatoms. The molecular weight excluding hydrogens is 439 g/mol. The maximum atomic E-state index is 4.63. The number of thiophene rings is 1. The van der Waals surface area contributed by atoms with E-state index in [1.165, 1.54) is 9.75 Å².